The number of aromatic nitrogens is 1. The van der Waals surface area contributed by atoms with Gasteiger partial charge in [-0.05, 0) is 36.8 Å². The molecule has 1 aliphatic carbocycles. The Balaban J connectivity index is 1.91. The molecule has 1 amide bonds. The molecule has 3 heteroatoms. The number of para-hydroxylation sites is 1. The largest absolute Gasteiger partial charge is 0.342 e. The minimum absolute atomic E-state index is 0.186. The van der Waals surface area contributed by atoms with Gasteiger partial charge in [0.1, 0.15) is 0 Å². The summed E-state index contributed by atoms with van der Waals surface area (Å²) in [5, 5.41) is 1.44. The van der Waals surface area contributed by atoms with E-state index < -0.39 is 0 Å². The monoisotopic (exact) mass is 296 g/mol. The molecule has 0 bridgehead atoms. The molecule has 116 valence electrons. The van der Waals surface area contributed by atoms with E-state index in [1.165, 1.54) is 55.0 Å². The van der Waals surface area contributed by atoms with Gasteiger partial charge in [-0.2, -0.15) is 0 Å². The molecule has 0 saturated heterocycles. The molecular formula is C19H24N2O. The molecule has 1 aromatic carbocycles. The van der Waals surface area contributed by atoms with Crippen LogP contribution >= 0.6 is 0 Å². The predicted octanol–water partition coefficient (Wildman–Crippen LogP) is 3.66. The second-order valence-electron chi connectivity index (χ2n) is 6.74. The number of nitrogens with zero attached hydrogens (tertiary/aromatic N) is 2. The summed E-state index contributed by atoms with van der Waals surface area (Å²) in [6, 6.07) is 6.66. The highest BCUT2D eigenvalue weighted by Gasteiger charge is 2.24. The van der Waals surface area contributed by atoms with E-state index in [9.17, 15) is 4.79 Å². The lowest BCUT2D eigenvalue weighted by atomic mass is 9.96. The third-order valence-electron chi connectivity index (χ3n) is 5.38. The average molecular weight is 296 g/mol. The van der Waals surface area contributed by atoms with Crippen molar-refractivity contribution >= 4 is 16.8 Å². The summed E-state index contributed by atoms with van der Waals surface area (Å²) >= 11 is 0. The van der Waals surface area contributed by atoms with Crippen molar-refractivity contribution in [3.8, 4) is 0 Å². The van der Waals surface area contributed by atoms with Crippen LogP contribution in [0, 0.1) is 0 Å². The van der Waals surface area contributed by atoms with E-state index in [-0.39, 0.29) is 5.91 Å². The molecule has 0 radical (unpaired) electrons. The van der Waals surface area contributed by atoms with Crippen molar-refractivity contribution in [3.63, 3.8) is 0 Å². The van der Waals surface area contributed by atoms with E-state index >= 15 is 0 Å². The van der Waals surface area contributed by atoms with Crippen molar-refractivity contribution in [2.45, 2.75) is 58.5 Å². The van der Waals surface area contributed by atoms with E-state index in [0.29, 0.717) is 0 Å². The Hall–Kier alpha value is -1.77. The fourth-order valence-electron chi connectivity index (χ4n) is 4.27. The molecule has 3 nitrogen and oxygen atoms in total. The van der Waals surface area contributed by atoms with Crippen molar-refractivity contribution in [1.29, 1.82) is 0 Å². The highest BCUT2D eigenvalue weighted by Crippen LogP contribution is 2.34. The van der Waals surface area contributed by atoms with Gasteiger partial charge in [-0.25, -0.2) is 0 Å². The lowest BCUT2D eigenvalue weighted by Gasteiger charge is -2.19. The number of hydrogen-bond donors (Lipinski definition) is 0. The molecule has 1 aliphatic heterocycles. The van der Waals surface area contributed by atoms with Gasteiger partial charge in [0, 0.05) is 37.6 Å². The molecule has 2 aliphatic rings. The first kappa shape index (κ1) is 13.9. The summed E-state index contributed by atoms with van der Waals surface area (Å²) in [6.07, 6.45) is 7.75. The minimum atomic E-state index is 0.186. The van der Waals surface area contributed by atoms with Gasteiger partial charge in [-0.1, -0.05) is 31.0 Å². The van der Waals surface area contributed by atoms with Gasteiger partial charge in [0.15, 0.2) is 0 Å². The van der Waals surface area contributed by atoms with E-state index in [2.05, 4.69) is 22.8 Å². The zero-order valence-corrected chi connectivity index (χ0v) is 13.4. The standard InChI is InChI=1S/C19H24N2O/c1-14(22)20-11-12-21-18-10-5-3-2-4-8-16(18)17-9-6-7-15(13-20)19(17)21/h6-7,9H,2-5,8,10-13H2,1H3. The quantitative estimate of drug-likeness (QED) is 0.728. The number of carbonyl (C=O) groups excluding carboxylic acids is 1. The lowest BCUT2D eigenvalue weighted by Crippen LogP contribution is -2.30. The predicted molar refractivity (Wildman–Crippen MR) is 88.9 cm³/mol. The first-order chi connectivity index (χ1) is 10.8. The number of rotatable bonds is 0. The van der Waals surface area contributed by atoms with Gasteiger partial charge in [-0.15, -0.1) is 0 Å². The second-order valence-corrected chi connectivity index (χ2v) is 6.74. The van der Waals surface area contributed by atoms with E-state index in [4.69, 9.17) is 0 Å². The Morgan fingerprint density at radius 3 is 2.68 bits per heavy atom. The maximum absolute atomic E-state index is 11.8. The van der Waals surface area contributed by atoms with Crippen LogP contribution < -0.4 is 0 Å². The van der Waals surface area contributed by atoms with Crippen LogP contribution in [-0.2, 0) is 30.7 Å². The van der Waals surface area contributed by atoms with E-state index in [0.717, 1.165) is 19.6 Å². The van der Waals surface area contributed by atoms with Crippen LogP contribution in [0.2, 0.25) is 0 Å². The van der Waals surface area contributed by atoms with Gasteiger partial charge in [0.25, 0.3) is 0 Å². The third-order valence-corrected chi connectivity index (χ3v) is 5.38. The molecule has 2 aromatic rings. The number of benzene rings is 1. The van der Waals surface area contributed by atoms with Gasteiger partial charge in [-0.3, -0.25) is 4.79 Å². The van der Waals surface area contributed by atoms with E-state index in [1.54, 1.807) is 18.2 Å². The fraction of sp³-hybridized carbons (Fsp3) is 0.526. The Morgan fingerprint density at radius 2 is 1.86 bits per heavy atom. The van der Waals surface area contributed by atoms with Crippen LogP contribution in [0.1, 0.15) is 49.4 Å². The number of hydrogen-bond acceptors (Lipinski definition) is 1. The normalized spacial score (nSPS) is 18.5. The molecule has 4 rings (SSSR count). The Kier molecular flexibility index (Phi) is 3.44. The highest BCUT2D eigenvalue weighted by atomic mass is 16.2. The Bertz CT molecular complexity index is 729. The summed E-state index contributed by atoms with van der Waals surface area (Å²) in [7, 11) is 0. The first-order valence-corrected chi connectivity index (χ1v) is 8.63. The van der Waals surface area contributed by atoms with Crippen LogP contribution in [0.4, 0.5) is 0 Å². The highest BCUT2D eigenvalue weighted by molar-refractivity contribution is 5.89. The molecule has 0 atom stereocenters. The maximum atomic E-state index is 11.8. The molecule has 0 spiro atoms. The SMILES string of the molecule is CC(=O)N1CCn2c3c(c4cccc(c42)C1)CCCCCC3. The van der Waals surface area contributed by atoms with Crippen LogP contribution in [-0.4, -0.2) is 21.9 Å². The van der Waals surface area contributed by atoms with Crippen molar-refractivity contribution < 1.29 is 4.79 Å². The van der Waals surface area contributed by atoms with Crippen molar-refractivity contribution in [1.82, 2.24) is 9.47 Å². The summed E-state index contributed by atoms with van der Waals surface area (Å²) in [5.74, 6) is 0.186. The zero-order chi connectivity index (χ0) is 15.1. The first-order valence-electron chi connectivity index (χ1n) is 8.63. The molecule has 0 fully saturated rings. The van der Waals surface area contributed by atoms with Crippen LogP contribution in [0.15, 0.2) is 18.2 Å². The van der Waals surface area contributed by atoms with Gasteiger partial charge < -0.3 is 9.47 Å². The van der Waals surface area contributed by atoms with Crippen LogP contribution in [0.3, 0.4) is 0 Å². The van der Waals surface area contributed by atoms with Crippen molar-refractivity contribution in [2.24, 2.45) is 0 Å². The average Bonchev–Trinajstić information content (AvgIpc) is 2.65. The Morgan fingerprint density at radius 1 is 1.05 bits per heavy atom. The summed E-state index contributed by atoms with van der Waals surface area (Å²) < 4.78 is 2.54. The summed E-state index contributed by atoms with van der Waals surface area (Å²) in [5.41, 5.74) is 5.86. The van der Waals surface area contributed by atoms with Gasteiger partial charge in [0.05, 0.1) is 5.52 Å². The van der Waals surface area contributed by atoms with Crippen LogP contribution in [0.25, 0.3) is 10.9 Å². The number of aryl methyl sites for hydroxylation is 1. The number of carbonyl (C=O) groups is 1. The minimum Gasteiger partial charge on any atom is -0.342 e. The van der Waals surface area contributed by atoms with Gasteiger partial charge in [0.2, 0.25) is 5.91 Å². The molecule has 0 saturated carbocycles. The second kappa shape index (κ2) is 5.45. The molecule has 22 heavy (non-hydrogen) atoms. The third kappa shape index (κ3) is 2.15. The smallest absolute Gasteiger partial charge is 0.219 e. The maximum Gasteiger partial charge on any atom is 0.219 e. The molecule has 2 heterocycles. The molecule has 1 aromatic heterocycles. The molecule has 0 unspecified atom stereocenters. The number of fused-ring (bicyclic) bond motifs is 3. The summed E-state index contributed by atoms with van der Waals surface area (Å²) in [4.78, 5) is 13.8. The molecular weight excluding hydrogens is 272 g/mol. The topological polar surface area (TPSA) is 25.2 Å². The molecule has 0 N–H and O–H groups in total. The zero-order valence-electron chi connectivity index (χ0n) is 13.4. The lowest BCUT2D eigenvalue weighted by molar-refractivity contribution is -0.129. The number of amides is 1. The van der Waals surface area contributed by atoms with Crippen molar-refractivity contribution in [2.75, 3.05) is 6.54 Å². The Labute approximate surface area is 131 Å². The summed E-state index contributed by atoms with van der Waals surface area (Å²) in [6.45, 7) is 4.23. The van der Waals surface area contributed by atoms with Crippen molar-refractivity contribution in [3.05, 3.63) is 35.0 Å². The van der Waals surface area contributed by atoms with Crippen LogP contribution in [0.5, 0.6) is 0 Å². The fourth-order valence-corrected chi connectivity index (χ4v) is 4.27. The van der Waals surface area contributed by atoms with Gasteiger partial charge >= 0.3 is 0 Å². The van der Waals surface area contributed by atoms with E-state index in [1.807, 2.05) is 4.90 Å².